The van der Waals surface area contributed by atoms with Crippen LogP contribution in [0, 0.1) is 0 Å². The first-order chi connectivity index (χ1) is 11.1. The van der Waals surface area contributed by atoms with Crippen LogP contribution >= 0.6 is 35.6 Å². The first kappa shape index (κ1) is 16.8. The number of carbonyl (C=O) groups excluding carboxylic acids is 1. The Labute approximate surface area is 151 Å². The van der Waals surface area contributed by atoms with Gasteiger partial charge in [-0.05, 0) is 43.9 Å². The Hall–Kier alpha value is -1.04. The molecule has 6 heteroatoms. The third kappa shape index (κ3) is 3.57. The number of anilines is 1. The Morgan fingerprint density at radius 2 is 2.26 bits per heavy atom. The molecule has 2 heterocycles. The van der Waals surface area contributed by atoms with Crippen molar-refractivity contribution in [2.45, 2.75) is 38.6 Å². The highest BCUT2D eigenvalue weighted by Crippen LogP contribution is 2.36. The van der Waals surface area contributed by atoms with Crippen molar-refractivity contribution in [1.82, 2.24) is 4.90 Å². The van der Waals surface area contributed by atoms with E-state index in [1.165, 1.54) is 31.0 Å². The Kier molecular flexibility index (Phi) is 5.29. The fraction of sp³-hybridized carbons (Fsp3) is 0.412. The zero-order valence-electron chi connectivity index (χ0n) is 13.0. The molecule has 1 aromatic rings. The van der Waals surface area contributed by atoms with Gasteiger partial charge in [-0.2, -0.15) is 0 Å². The monoisotopic (exact) mass is 366 g/mol. The first-order valence-corrected chi connectivity index (χ1v) is 9.50. The number of hydrogen-bond acceptors (Lipinski definition) is 4. The predicted octanol–water partition coefficient (Wildman–Crippen LogP) is 4.81. The zero-order chi connectivity index (χ0) is 16.4. The third-order valence-corrected chi connectivity index (χ3v) is 5.81. The smallest absolute Gasteiger partial charge is 0.272 e. The normalized spacial score (nSPS) is 23.9. The van der Waals surface area contributed by atoms with Crippen molar-refractivity contribution in [2.24, 2.45) is 0 Å². The van der Waals surface area contributed by atoms with Crippen LogP contribution in [0.2, 0.25) is 5.02 Å². The maximum absolute atomic E-state index is 12.8. The van der Waals surface area contributed by atoms with Gasteiger partial charge in [0.05, 0.1) is 10.6 Å². The fourth-order valence-corrected chi connectivity index (χ4v) is 4.55. The Morgan fingerprint density at radius 1 is 1.43 bits per heavy atom. The summed E-state index contributed by atoms with van der Waals surface area (Å²) in [5.41, 5.74) is 0.731. The summed E-state index contributed by atoms with van der Waals surface area (Å²) in [5.74, 6) is -0.0531. The molecule has 0 aliphatic carbocycles. The van der Waals surface area contributed by atoms with Crippen molar-refractivity contribution < 1.29 is 4.79 Å². The van der Waals surface area contributed by atoms with Gasteiger partial charge in [0, 0.05) is 23.8 Å². The standard InChI is InChI=1S/C17H19ClN2OS2/c1-2-13-7-3-4-9-19(13)11-15-16(21)20(17(22)23-15)14-8-5-6-12(18)10-14/h5-6,8,10-11,13H,2-4,7,9H2,1H3/b15-11-. The van der Waals surface area contributed by atoms with Crippen LogP contribution in [0.15, 0.2) is 35.4 Å². The van der Waals surface area contributed by atoms with Gasteiger partial charge in [0.25, 0.3) is 5.91 Å². The third-order valence-electron chi connectivity index (χ3n) is 4.29. The molecule has 1 amide bonds. The maximum Gasteiger partial charge on any atom is 0.272 e. The minimum absolute atomic E-state index is 0.0531. The van der Waals surface area contributed by atoms with Crippen LogP contribution < -0.4 is 4.90 Å². The highest BCUT2D eigenvalue weighted by molar-refractivity contribution is 8.27. The molecule has 0 spiro atoms. The number of nitrogens with zero attached hydrogens (tertiary/aromatic N) is 2. The molecule has 122 valence electrons. The van der Waals surface area contributed by atoms with Gasteiger partial charge in [-0.25, -0.2) is 0 Å². The number of thiocarbonyl (C=S) groups is 1. The van der Waals surface area contributed by atoms with Gasteiger partial charge in [0.2, 0.25) is 0 Å². The molecule has 3 nitrogen and oxygen atoms in total. The molecule has 0 aromatic heterocycles. The van der Waals surface area contributed by atoms with E-state index >= 15 is 0 Å². The minimum Gasteiger partial charge on any atom is -0.373 e. The highest BCUT2D eigenvalue weighted by Gasteiger charge is 2.34. The molecule has 3 rings (SSSR count). The molecule has 2 aliphatic heterocycles. The van der Waals surface area contributed by atoms with Crippen molar-refractivity contribution in [1.29, 1.82) is 0 Å². The van der Waals surface area contributed by atoms with E-state index in [-0.39, 0.29) is 5.91 Å². The summed E-state index contributed by atoms with van der Waals surface area (Å²) in [6, 6.07) is 7.77. The largest absolute Gasteiger partial charge is 0.373 e. The van der Waals surface area contributed by atoms with E-state index in [9.17, 15) is 4.79 Å². The molecule has 0 radical (unpaired) electrons. The summed E-state index contributed by atoms with van der Waals surface area (Å²) in [6.45, 7) is 3.22. The Bertz CT molecular complexity index is 662. The molecule has 1 aromatic carbocycles. The molecule has 2 saturated heterocycles. The second kappa shape index (κ2) is 7.24. The molecule has 1 unspecified atom stereocenters. The van der Waals surface area contributed by atoms with E-state index in [1.54, 1.807) is 17.0 Å². The molecule has 2 fully saturated rings. The molecular weight excluding hydrogens is 348 g/mol. The van der Waals surface area contributed by atoms with Crippen molar-refractivity contribution in [3.63, 3.8) is 0 Å². The second-order valence-corrected chi connectivity index (χ2v) is 7.89. The van der Waals surface area contributed by atoms with Crippen LogP contribution in [0.3, 0.4) is 0 Å². The highest BCUT2D eigenvalue weighted by atomic mass is 35.5. The Balaban J connectivity index is 1.84. The number of carbonyl (C=O) groups is 1. The summed E-state index contributed by atoms with van der Waals surface area (Å²) in [6.07, 6.45) is 6.76. The maximum atomic E-state index is 12.8. The molecular formula is C17H19ClN2OS2. The lowest BCUT2D eigenvalue weighted by atomic mass is 10.0. The van der Waals surface area contributed by atoms with E-state index in [0.29, 0.717) is 20.3 Å². The molecule has 23 heavy (non-hydrogen) atoms. The van der Waals surface area contributed by atoms with Crippen molar-refractivity contribution >= 4 is 51.5 Å². The summed E-state index contributed by atoms with van der Waals surface area (Å²) in [4.78, 5) is 17.4. The first-order valence-electron chi connectivity index (χ1n) is 7.89. The zero-order valence-corrected chi connectivity index (χ0v) is 15.4. The molecule has 0 N–H and O–H groups in total. The predicted molar refractivity (Wildman–Crippen MR) is 102 cm³/mol. The number of thioether (sulfide) groups is 1. The topological polar surface area (TPSA) is 23.6 Å². The van der Waals surface area contributed by atoms with Gasteiger partial charge in [0.15, 0.2) is 4.32 Å². The molecule has 0 saturated carbocycles. The average molecular weight is 367 g/mol. The van der Waals surface area contributed by atoms with Gasteiger partial charge in [0.1, 0.15) is 0 Å². The van der Waals surface area contributed by atoms with E-state index in [4.69, 9.17) is 23.8 Å². The van der Waals surface area contributed by atoms with Gasteiger partial charge >= 0.3 is 0 Å². The summed E-state index contributed by atoms with van der Waals surface area (Å²) < 4.78 is 0.563. The number of benzene rings is 1. The number of halogens is 1. The summed E-state index contributed by atoms with van der Waals surface area (Å²) >= 11 is 12.8. The second-order valence-electron chi connectivity index (χ2n) is 5.78. The SMILES string of the molecule is CCC1CCCCN1/C=C1\SC(=S)N(c2cccc(Cl)c2)C1=O. The van der Waals surface area contributed by atoms with E-state index in [1.807, 2.05) is 18.3 Å². The van der Waals surface area contributed by atoms with E-state index < -0.39 is 0 Å². The van der Waals surface area contributed by atoms with E-state index in [0.717, 1.165) is 18.7 Å². The van der Waals surface area contributed by atoms with Crippen LogP contribution in [0.25, 0.3) is 0 Å². The number of piperidine rings is 1. The van der Waals surface area contributed by atoms with Crippen molar-refractivity contribution in [3.8, 4) is 0 Å². The van der Waals surface area contributed by atoms with Crippen LogP contribution in [0.5, 0.6) is 0 Å². The summed E-state index contributed by atoms with van der Waals surface area (Å²) in [5, 5.41) is 0.600. The molecule has 1 atom stereocenters. The van der Waals surface area contributed by atoms with Crippen LogP contribution in [-0.2, 0) is 4.79 Å². The van der Waals surface area contributed by atoms with E-state index in [2.05, 4.69) is 11.8 Å². The number of hydrogen-bond donors (Lipinski definition) is 0. The molecule has 0 bridgehead atoms. The average Bonchev–Trinajstić information content (AvgIpc) is 2.82. The summed E-state index contributed by atoms with van der Waals surface area (Å²) in [7, 11) is 0. The minimum atomic E-state index is -0.0531. The lowest BCUT2D eigenvalue weighted by molar-refractivity contribution is -0.113. The van der Waals surface area contributed by atoms with Crippen molar-refractivity contribution in [3.05, 3.63) is 40.4 Å². The van der Waals surface area contributed by atoms with Gasteiger partial charge in [-0.3, -0.25) is 9.69 Å². The number of likely N-dealkylation sites (tertiary alicyclic amines) is 1. The number of amides is 1. The Morgan fingerprint density at radius 3 is 3.00 bits per heavy atom. The quantitative estimate of drug-likeness (QED) is 0.565. The van der Waals surface area contributed by atoms with Crippen LogP contribution in [0.1, 0.15) is 32.6 Å². The molecule has 2 aliphatic rings. The van der Waals surface area contributed by atoms with Gasteiger partial charge in [-0.1, -0.05) is 48.6 Å². The lowest BCUT2D eigenvalue weighted by Crippen LogP contribution is -2.35. The van der Waals surface area contributed by atoms with Crippen LogP contribution in [-0.4, -0.2) is 27.7 Å². The number of rotatable bonds is 3. The lowest BCUT2D eigenvalue weighted by Gasteiger charge is -2.34. The van der Waals surface area contributed by atoms with Crippen LogP contribution in [0.4, 0.5) is 5.69 Å². The van der Waals surface area contributed by atoms with Gasteiger partial charge in [-0.15, -0.1) is 0 Å². The van der Waals surface area contributed by atoms with Crippen molar-refractivity contribution in [2.75, 3.05) is 11.4 Å². The van der Waals surface area contributed by atoms with Gasteiger partial charge < -0.3 is 4.90 Å². The fourth-order valence-electron chi connectivity index (χ4n) is 3.08.